The molecule has 86 valence electrons. The van der Waals surface area contributed by atoms with Crippen LogP contribution in [0.2, 0.25) is 0 Å². The first-order chi connectivity index (χ1) is 8.16. The number of hydrogen-bond donors (Lipinski definition) is 0. The predicted molar refractivity (Wildman–Crippen MR) is 69.4 cm³/mol. The normalized spacial score (nSPS) is 11.5. The second-order valence-corrected chi connectivity index (χ2v) is 4.24. The van der Waals surface area contributed by atoms with Crippen LogP contribution in [0.1, 0.15) is 24.3 Å². The van der Waals surface area contributed by atoms with Crippen molar-refractivity contribution in [1.29, 1.82) is 0 Å². The fourth-order valence-corrected chi connectivity index (χ4v) is 1.48. The van der Waals surface area contributed by atoms with Gasteiger partial charge in [0.15, 0.2) is 0 Å². The summed E-state index contributed by atoms with van der Waals surface area (Å²) in [5.41, 5.74) is 0.389. The number of pyridine rings is 1. The highest BCUT2D eigenvalue weighted by atomic mass is 16.1. The van der Waals surface area contributed by atoms with Crippen LogP contribution in [0.4, 0.5) is 0 Å². The van der Waals surface area contributed by atoms with Gasteiger partial charge in [0.2, 0.25) is 0 Å². The molecule has 0 bridgehead atoms. The molecule has 1 amide bonds. The summed E-state index contributed by atoms with van der Waals surface area (Å²) in [6.45, 7) is 3.95. The number of amides is 1. The third-order valence-corrected chi connectivity index (χ3v) is 2.34. The Kier molecular flexibility index (Phi) is 3.28. The van der Waals surface area contributed by atoms with E-state index < -0.39 is 0 Å². The van der Waals surface area contributed by atoms with Crippen LogP contribution in [-0.2, 0) is 0 Å². The molecular weight excluding hydrogens is 212 g/mol. The lowest BCUT2D eigenvalue weighted by atomic mass is 10.1. The third-order valence-electron chi connectivity index (χ3n) is 2.34. The number of aromatic nitrogens is 1. The van der Waals surface area contributed by atoms with Crippen molar-refractivity contribution in [3.05, 3.63) is 42.2 Å². The minimum atomic E-state index is -0.288. The molecule has 0 saturated heterocycles. The molecule has 3 nitrogen and oxygen atoms in total. The topological polar surface area (TPSA) is 42.3 Å². The van der Waals surface area contributed by atoms with Gasteiger partial charge in [-0.1, -0.05) is 38.1 Å². The lowest BCUT2D eigenvalue weighted by molar-refractivity contribution is 0.0998. The van der Waals surface area contributed by atoms with Gasteiger partial charge < -0.3 is 0 Å². The Morgan fingerprint density at radius 2 is 2.00 bits per heavy atom. The van der Waals surface area contributed by atoms with Crippen molar-refractivity contribution in [3.8, 4) is 0 Å². The summed E-state index contributed by atoms with van der Waals surface area (Å²) in [5, 5.41) is 2.03. The standard InChI is InChI=1S/C14H14N2O/c1-10(2)8-16-14(17)13-7-11-5-3-4-6-12(11)9-15-13/h3-10H,1-2H3. The maximum absolute atomic E-state index is 11.7. The molecule has 0 aliphatic heterocycles. The summed E-state index contributed by atoms with van der Waals surface area (Å²) >= 11 is 0. The number of nitrogens with zero attached hydrogens (tertiary/aromatic N) is 2. The number of aliphatic imine (C=N–C) groups is 1. The maximum atomic E-state index is 11.7. The summed E-state index contributed by atoms with van der Waals surface area (Å²) in [6, 6.07) is 9.58. The molecule has 0 atom stereocenters. The zero-order valence-corrected chi connectivity index (χ0v) is 9.92. The van der Waals surface area contributed by atoms with Gasteiger partial charge in [-0.3, -0.25) is 9.78 Å². The van der Waals surface area contributed by atoms with E-state index in [2.05, 4.69) is 9.98 Å². The molecule has 17 heavy (non-hydrogen) atoms. The van der Waals surface area contributed by atoms with Crippen LogP contribution in [0, 0.1) is 5.92 Å². The van der Waals surface area contributed by atoms with Crippen LogP contribution in [0.15, 0.2) is 41.5 Å². The zero-order chi connectivity index (χ0) is 12.3. The number of hydrogen-bond acceptors (Lipinski definition) is 2. The van der Waals surface area contributed by atoms with Gasteiger partial charge in [-0.2, -0.15) is 0 Å². The Labute approximate surface area is 100 Å². The molecule has 2 rings (SSSR count). The highest BCUT2D eigenvalue weighted by molar-refractivity contribution is 6.00. The van der Waals surface area contributed by atoms with Crippen molar-refractivity contribution in [1.82, 2.24) is 4.98 Å². The minimum absolute atomic E-state index is 0.263. The Hall–Kier alpha value is -2.03. The summed E-state index contributed by atoms with van der Waals surface area (Å²) in [5.74, 6) is -0.0242. The third kappa shape index (κ3) is 2.75. The van der Waals surface area contributed by atoms with E-state index in [0.29, 0.717) is 5.69 Å². The molecule has 0 radical (unpaired) electrons. The average molecular weight is 226 g/mol. The first kappa shape index (κ1) is 11.5. The predicted octanol–water partition coefficient (Wildman–Crippen LogP) is 3.10. The Bertz CT molecular complexity index is 573. The van der Waals surface area contributed by atoms with Gasteiger partial charge in [0, 0.05) is 17.8 Å². The molecular formula is C14H14N2O. The second-order valence-electron chi connectivity index (χ2n) is 4.24. The van der Waals surface area contributed by atoms with Gasteiger partial charge in [0.25, 0.3) is 5.91 Å². The van der Waals surface area contributed by atoms with Crippen molar-refractivity contribution < 1.29 is 4.79 Å². The number of carbonyl (C=O) groups is 1. The van der Waals surface area contributed by atoms with E-state index >= 15 is 0 Å². The van der Waals surface area contributed by atoms with Crippen LogP contribution in [0.3, 0.4) is 0 Å². The number of fused-ring (bicyclic) bond motifs is 1. The van der Waals surface area contributed by atoms with Gasteiger partial charge in [0.1, 0.15) is 5.69 Å². The number of carbonyl (C=O) groups excluding carboxylic acids is 1. The van der Waals surface area contributed by atoms with Crippen molar-refractivity contribution in [3.63, 3.8) is 0 Å². The monoisotopic (exact) mass is 226 g/mol. The number of rotatable bonds is 2. The maximum Gasteiger partial charge on any atom is 0.295 e. The number of benzene rings is 1. The van der Waals surface area contributed by atoms with Gasteiger partial charge in [-0.05, 0) is 17.4 Å². The van der Waals surface area contributed by atoms with Crippen LogP contribution in [-0.4, -0.2) is 17.1 Å². The van der Waals surface area contributed by atoms with E-state index in [0.717, 1.165) is 10.8 Å². The summed E-state index contributed by atoms with van der Waals surface area (Å²) < 4.78 is 0. The first-order valence-corrected chi connectivity index (χ1v) is 5.60. The fourth-order valence-electron chi connectivity index (χ4n) is 1.48. The molecule has 1 heterocycles. The molecule has 3 heteroatoms. The van der Waals surface area contributed by atoms with Crippen LogP contribution in [0.25, 0.3) is 10.8 Å². The van der Waals surface area contributed by atoms with E-state index in [4.69, 9.17) is 0 Å². The molecule has 1 aromatic carbocycles. The van der Waals surface area contributed by atoms with Crippen LogP contribution < -0.4 is 0 Å². The van der Waals surface area contributed by atoms with Gasteiger partial charge in [-0.15, -0.1) is 0 Å². The zero-order valence-electron chi connectivity index (χ0n) is 9.92. The largest absolute Gasteiger partial charge is 0.295 e. The Balaban J connectivity index is 2.33. The van der Waals surface area contributed by atoms with Crippen LogP contribution >= 0.6 is 0 Å². The minimum Gasteiger partial charge on any atom is -0.265 e. The summed E-state index contributed by atoms with van der Waals surface area (Å²) in [7, 11) is 0. The molecule has 2 aromatic rings. The molecule has 0 N–H and O–H groups in total. The van der Waals surface area contributed by atoms with Crippen LogP contribution in [0.5, 0.6) is 0 Å². The molecule has 0 fully saturated rings. The average Bonchev–Trinajstić information content (AvgIpc) is 2.35. The van der Waals surface area contributed by atoms with E-state index in [-0.39, 0.29) is 11.8 Å². The van der Waals surface area contributed by atoms with E-state index in [1.807, 2.05) is 38.1 Å². The van der Waals surface area contributed by atoms with Crippen molar-refractivity contribution in [2.75, 3.05) is 0 Å². The Morgan fingerprint density at radius 3 is 2.71 bits per heavy atom. The van der Waals surface area contributed by atoms with E-state index in [1.165, 1.54) is 0 Å². The van der Waals surface area contributed by atoms with Gasteiger partial charge in [-0.25, -0.2) is 4.99 Å². The van der Waals surface area contributed by atoms with Crippen molar-refractivity contribution in [2.45, 2.75) is 13.8 Å². The van der Waals surface area contributed by atoms with Gasteiger partial charge in [0.05, 0.1) is 0 Å². The van der Waals surface area contributed by atoms with Crippen molar-refractivity contribution in [2.24, 2.45) is 10.9 Å². The Morgan fingerprint density at radius 1 is 1.29 bits per heavy atom. The first-order valence-electron chi connectivity index (χ1n) is 5.60. The van der Waals surface area contributed by atoms with E-state index in [9.17, 15) is 4.79 Å². The summed E-state index contributed by atoms with van der Waals surface area (Å²) in [6.07, 6.45) is 3.34. The van der Waals surface area contributed by atoms with Gasteiger partial charge >= 0.3 is 0 Å². The van der Waals surface area contributed by atoms with Crippen molar-refractivity contribution >= 4 is 22.9 Å². The second kappa shape index (κ2) is 4.87. The molecule has 0 aliphatic rings. The molecule has 0 aliphatic carbocycles. The molecule has 0 unspecified atom stereocenters. The molecule has 0 spiro atoms. The SMILES string of the molecule is CC(C)C=NC(=O)c1cc2ccccc2cn1. The molecule has 0 saturated carbocycles. The highest BCUT2D eigenvalue weighted by Gasteiger charge is 2.05. The lowest BCUT2D eigenvalue weighted by Crippen LogP contribution is -2.00. The lowest BCUT2D eigenvalue weighted by Gasteiger charge is -1.99. The quantitative estimate of drug-likeness (QED) is 0.738. The summed E-state index contributed by atoms with van der Waals surface area (Å²) in [4.78, 5) is 19.7. The van der Waals surface area contributed by atoms with E-state index in [1.54, 1.807) is 18.5 Å². The smallest absolute Gasteiger partial charge is 0.265 e. The highest BCUT2D eigenvalue weighted by Crippen LogP contribution is 2.13. The fraction of sp³-hybridized carbons (Fsp3) is 0.214. The molecule has 1 aromatic heterocycles.